The number of methoxy groups -OCH3 is 1. The van der Waals surface area contributed by atoms with Gasteiger partial charge in [-0.3, -0.25) is 4.79 Å². The second-order valence-corrected chi connectivity index (χ2v) is 7.36. The van der Waals surface area contributed by atoms with Crippen molar-refractivity contribution in [3.8, 4) is 0 Å². The molecule has 1 heterocycles. The minimum Gasteiger partial charge on any atom is -0.383 e. The Balaban J connectivity index is 1.82. The molecule has 0 aliphatic rings. The van der Waals surface area contributed by atoms with Gasteiger partial charge in [-0.05, 0) is 48.4 Å². The summed E-state index contributed by atoms with van der Waals surface area (Å²) in [6, 6.07) is 16.4. The van der Waals surface area contributed by atoms with Gasteiger partial charge in [-0.1, -0.05) is 30.3 Å². The summed E-state index contributed by atoms with van der Waals surface area (Å²) in [7, 11) is 1.58. The Morgan fingerprint density at radius 1 is 1.06 bits per heavy atom. The monoisotopic (exact) mass is 430 g/mol. The number of halogens is 3. The molecule has 0 radical (unpaired) electrons. The highest BCUT2D eigenvalue weighted by Crippen LogP contribution is 2.29. The van der Waals surface area contributed by atoms with Gasteiger partial charge in [-0.25, -0.2) is 0 Å². The molecule has 0 atom stereocenters. The van der Waals surface area contributed by atoms with E-state index in [0.29, 0.717) is 30.8 Å². The molecule has 0 spiro atoms. The predicted molar refractivity (Wildman–Crippen MR) is 113 cm³/mol. The second-order valence-electron chi connectivity index (χ2n) is 7.36. The smallest absolute Gasteiger partial charge is 0.383 e. The molecule has 1 aromatic heterocycles. The van der Waals surface area contributed by atoms with Crippen molar-refractivity contribution in [3.05, 3.63) is 94.8 Å². The van der Waals surface area contributed by atoms with Gasteiger partial charge < -0.3 is 14.2 Å². The van der Waals surface area contributed by atoms with Crippen molar-refractivity contribution in [1.29, 1.82) is 0 Å². The fourth-order valence-corrected chi connectivity index (χ4v) is 3.42. The van der Waals surface area contributed by atoms with Crippen LogP contribution in [0.1, 0.15) is 32.7 Å². The summed E-state index contributed by atoms with van der Waals surface area (Å²) in [6.07, 6.45) is -2.57. The summed E-state index contributed by atoms with van der Waals surface area (Å²) in [6.45, 7) is 3.27. The fraction of sp³-hybridized carbons (Fsp3) is 0.292. The molecule has 0 unspecified atom stereocenters. The molecule has 0 bridgehead atoms. The molecule has 0 aliphatic heterocycles. The topological polar surface area (TPSA) is 34.5 Å². The summed E-state index contributed by atoms with van der Waals surface area (Å²) >= 11 is 0. The summed E-state index contributed by atoms with van der Waals surface area (Å²) in [5, 5.41) is 0. The van der Waals surface area contributed by atoms with E-state index in [1.54, 1.807) is 24.1 Å². The number of carbonyl (C=O) groups is 1. The second kappa shape index (κ2) is 9.83. The number of ether oxygens (including phenoxy) is 1. The van der Waals surface area contributed by atoms with Crippen LogP contribution in [0.15, 0.2) is 66.9 Å². The number of carbonyl (C=O) groups excluding carboxylic acids is 1. The van der Waals surface area contributed by atoms with E-state index in [1.165, 1.54) is 6.07 Å². The average molecular weight is 430 g/mol. The Hall–Kier alpha value is -3.06. The number of alkyl halides is 3. The van der Waals surface area contributed by atoms with E-state index in [9.17, 15) is 18.0 Å². The molecule has 0 saturated carbocycles. The van der Waals surface area contributed by atoms with Crippen LogP contribution in [0.4, 0.5) is 13.2 Å². The highest BCUT2D eigenvalue weighted by atomic mass is 19.4. The number of rotatable bonds is 8. The van der Waals surface area contributed by atoms with Crippen LogP contribution in [0.2, 0.25) is 0 Å². The maximum absolute atomic E-state index is 13.2. The van der Waals surface area contributed by atoms with Crippen molar-refractivity contribution in [3.63, 3.8) is 0 Å². The molecule has 0 saturated heterocycles. The third kappa shape index (κ3) is 5.76. The Kier molecular flexibility index (Phi) is 7.17. The molecule has 164 valence electrons. The lowest BCUT2D eigenvalue weighted by Gasteiger charge is -2.24. The molecule has 4 nitrogen and oxygen atoms in total. The maximum atomic E-state index is 13.2. The lowest BCUT2D eigenvalue weighted by atomic mass is 10.1. The van der Waals surface area contributed by atoms with E-state index in [2.05, 4.69) is 0 Å². The average Bonchev–Trinajstić information content (AvgIpc) is 3.17. The van der Waals surface area contributed by atoms with E-state index < -0.39 is 11.7 Å². The zero-order valence-corrected chi connectivity index (χ0v) is 17.5. The summed E-state index contributed by atoms with van der Waals surface area (Å²) < 4.78 is 46.1. The first-order chi connectivity index (χ1) is 14.8. The summed E-state index contributed by atoms with van der Waals surface area (Å²) in [5.41, 5.74) is 2.20. The number of nitrogens with zero attached hydrogens (tertiary/aromatic N) is 2. The Morgan fingerprint density at radius 2 is 1.84 bits per heavy atom. The molecule has 3 rings (SSSR count). The van der Waals surface area contributed by atoms with Crippen LogP contribution in [0.25, 0.3) is 0 Å². The molecular weight excluding hydrogens is 405 g/mol. The van der Waals surface area contributed by atoms with Gasteiger partial charge in [0.15, 0.2) is 0 Å². The fourth-order valence-electron chi connectivity index (χ4n) is 3.42. The first kappa shape index (κ1) is 22.6. The van der Waals surface area contributed by atoms with Gasteiger partial charge in [0, 0.05) is 37.7 Å². The van der Waals surface area contributed by atoms with E-state index in [4.69, 9.17) is 4.74 Å². The number of hydrogen-bond donors (Lipinski definition) is 0. The van der Waals surface area contributed by atoms with Crippen LogP contribution in [0, 0.1) is 6.92 Å². The lowest BCUT2D eigenvalue weighted by Crippen LogP contribution is -2.34. The number of aromatic nitrogens is 1. The largest absolute Gasteiger partial charge is 0.416 e. The molecule has 1 amide bonds. The summed E-state index contributed by atoms with van der Waals surface area (Å²) in [5.74, 6) is -0.109. The van der Waals surface area contributed by atoms with Crippen molar-refractivity contribution >= 4 is 5.91 Å². The van der Waals surface area contributed by atoms with Crippen LogP contribution in [0.5, 0.6) is 0 Å². The highest BCUT2D eigenvalue weighted by molar-refractivity contribution is 5.95. The Bertz CT molecular complexity index is 1030. The molecule has 31 heavy (non-hydrogen) atoms. The molecule has 0 fully saturated rings. The molecule has 2 aromatic carbocycles. The maximum Gasteiger partial charge on any atom is 0.416 e. The molecule has 3 aromatic rings. The number of benzene rings is 2. The van der Waals surface area contributed by atoms with Crippen LogP contribution < -0.4 is 0 Å². The van der Waals surface area contributed by atoms with Gasteiger partial charge in [0.25, 0.3) is 5.91 Å². The standard InChI is InChI=1S/C24H25F3N2O2/c1-18-7-3-4-11-22(18)23(30)29(13-14-31-2)17-21-10-6-12-28(21)16-19-8-5-9-20(15-19)24(25,26)27/h3-12,15H,13-14,16-17H2,1-2H3. The van der Waals surface area contributed by atoms with E-state index in [0.717, 1.165) is 23.4 Å². The predicted octanol–water partition coefficient (Wildman–Crippen LogP) is 5.15. The molecule has 0 aliphatic carbocycles. The highest BCUT2D eigenvalue weighted by Gasteiger charge is 2.30. The van der Waals surface area contributed by atoms with Crippen molar-refractivity contribution in [2.45, 2.75) is 26.2 Å². The van der Waals surface area contributed by atoms with E-state index in [-0.39, 0.29) is 12.5 Å². The third-order valence-electron chi connectivity index (χ3n) is 5.11. The van der Waals surface area contributed by atoms with Crippen molar-refractivity contribution in [2.75, 3.05) is 20.3 Å². The van der Waals surface area contributed by atoms with Crippen LogP contribution in [-0.4, -0.2) is 35.6 Å². The van der Waals surface area contributed by atoms with Gasteiger partial charge >= 0.3 is 6.18 Å². The number of amides is 1. The quantitative estimate of drug-likeness (QED) is 0.495. The minimum absolute atomic E-state index is 0.109. The van der Waals surface area contributed by atoms with Crippen molar-refractivity contribution in [2.24, 2.45) is 0 Å². The normalized spacial score (nSPS) is 11.5. The molecule has 0 N–H and O–H groups in total. The minimum atomic E-state index is -4.38. The van der Waals surface area contributed by atoms with Crippen LogP contribution in [-0.2, 0) is 24.0 Å². The summed E-state index contributed by atoms with van der Waals surface area (Å²) in [4.78, 5) is 14.9. The van der Waals surface area contributed by atoms with Crippen molar-refractivity contribution < 1.29 is 22.7 Å². The van der Waals surface area contributed by atoms with Gasteiger partial charge in [0.2, 0.25) is 0 Å². The number of aryl methyl sites for hydroxylation is 1. The third-order valence-corrected chi connectivity index (χ3v) is 5.11. The number of hydrogen-bond acceptors (Lipinski definition) is 2. The van der Waals surface area contributed by atoms with E-state index in [1.807, 2.05) is 48.0 Å². The van der Waals surface area contributed by atoms with Crippen molar-refractivity contribution in [1.82, 2.24) is 9.47 Å². The van der Waals surface area contributed by atoms with Crippen LogP contribution in [0.3, 0.4) is 0 Å². The van der Waals surface area contributed by atoms with Gasteiger partial charge in [0.05, 0.1) is 18.7 Å². The first-order valence-electron chi connectivity index (χ1n) is 9.93. The zero-order chi connectivity index (χ0) is 22.4. The lowest BCUT2D eigenvalue weighted by molar-refractivity contribution is -0.137. The van der Waals surface area contributed by atoms with Gasteiger partial charge in [-0.15, -0.1) is 0 Å². The van der Waals surface area contributed by atoms with Gasteiger partial charge in [0.1, 0.15) is 0 Å². The Morgan fingerprint density at radius 3 is 2.55 bits per heavy atom. The Labute approximate surface area is 179 Å². The zero-order valence-electron chi connectivity index (χ0n) is 17.5. The van der Waals surface area contributed by atoms with Crippen LogP contribution >= 0.6 is 0 Å². The first-order valence-corrected chi connectivity index (χ1v) is 9.93. The van der Waals surface area contributed by atoms with E-state index >= 15 is 0 Å². The molecular formula is C24H25F3N2O2. The SMILES string of the molecule is COCCN(Cc1cccn1Cc1cccc(C(F)(F)F)c1)C(=O)c1ccccc1C. The molecule has 7 heteroatoms. The van der Waals surface area contributed by atoms with Gasteiger partial charge in [-0.2, -0.15) is 13.2 Å².